The van der Waals surface area contributed by atoms with E-state index in [-0.39, 0.29) is 11.8 Å². The summed E-state index contributed by atoms with van der Waals surface area (Å²) in [5.41, 5.74) is 1.90. The third-order valence-corrected chi connectivity index (χ3v) is 5.85. The molecule has 3 aromatic rings. The third-order valence-electron chi connectivity index (χ3n) is 4.58. The van der Waals surface area contributed by atoms with Crippen LogP contribution < -0.4 is 10.6 Å². The number of hydrogen-bond acceptors (Lipinski definition) is 3. The largest absolute Gasteiger partial charge is 0.352 e. The van der Waals surface area contributed by atoms with Gasteiger partial charge in [-0.1, -0.05) is 74.0 Å². The quantitative estimate of drug-likeness (QED) is 0.347. The molecule has 0 fully saturated rings. The molecule has 3 rings (SSSR count). The van der Waals surface area contributed by atoms with Crippen LogP contribution in [0.15, 0.2) is 89.8 Å². The molecular formula is C25H26N2O2S. The van der Waals surface area contributed by atoms with E-state index in [1.807, 2.05) is 66.7 Å². The second kappa shape index (κ2) is 11.2. The van der Waals surface area contributed by atoms with Crippen LogP contribution >= 0.6 is 11.8 Å². The fourth-order valence-corrected chi connectivity index (χ4v) is 4.04. The van der Waals surface area contributed by atoms with Crippen molar-refractivity contribution in [3.8, 4) is 0 Å². The van der Waals surface area contributed by atoms with E-state index in [0.29, 0.717) is 17.8 Å². The summed E-state index contributed by atoms with van der Waals surface area (Å²) in [5.74, 6) is -0.338. The Kier molecular flexibility index (Phi) is 8.10. The van der Waals surface area contributed by atoms with Crippen LogP contribution in [-0.4, -0.2) is 18.4 Å². The molecule has 3 aromatic carbocycles. The fraction of sp³-hybridized carbons (Fsp3) is 0.200. The summed E-state index contributed by atoms with van der Waals surface area (Å²) in [6.45, 7) is 2.70. The molecule has 30 heavy (non-hydrogen) atoms. The topological polar surface area (TPSA) is 58.2 Å². The van der Waals surface area contributed by atoms with E-state index in [0.717, 1.165) is 23.3 Å². The Morgan fingerprint density at radius 2 is 1.50 bits per heavy atom. The zero-order chi connectivity index (χ0) is 21.2. The number of amides is 2. The third kappa shape index (κ3) is 5.97. The van der Waals surface area contributed by atoms with E-state index in [2.05, 4.69) is 17.6 Å². The van der Waals surface area contributed by atoms with Gasteiger partial charge in [0, 0.05) is 11.4 Å². The summed E-state index contributed by atoms with van der Waals surface area (Å²) in [4.78, 5) is 26.9. The highest BCUT2D eigenvalue weighted by molar-refractivity contribution is 8.00. The van der Waals surface area contributed by atoms with Gasteiger partial charge in [0.05, 0.1) is 11.3 Å². The van der Waals surface area contributed by atoms with Crippen LogP contribution in [0.25, 0.3) is 0 Å². The fourth-order valence-electron chi connectivity index (χ4n) is 3.00. The molecule has 0 saturated heterocycles. The summed E-state index contributed by atoms with van der Waals surface area (Å²) < 4.78 is 0. The molecule has 0 aliphatic carbocycles. The van der Waals surface area contributed by atoms with Crippen molar-refractivity contribution in [2.75, 3.05) is 11.9 Å². The van der Waals surface area contributed by atoms with Crippen LogP contribution in [0.5, 0.6) is 0 Å². The molecule has 5 heteroatoms. The average Bonchev–Trinajstić information content (AvgIpc) is 2.79. The SMILES string of the molecule is CCCCNC(=O)c1ccccc1NC(=O)C(Sc1ccccc1)c1ccccc1. The van der Waals surface area contributed by atoms with Gasteiger partial charge in [-0.05, 0) is 36.2 Å². The Balaban J connectivity index is 1.82. The number of anilines is 1. The lowest BCUT2D eigenvalue weighted by Crippen LogP contribution is -2.27. The van der Waals surface area contributed by atoms with Crippen molar-refractivity contribution < 1.29 is 9.59 Å². The number of thioether (sulfide) groups is 1. The van der Waals surface area contributed by atoms with E-state index in [1.165, 1.54) is 11.8 Å². The molecule has 0 spiro atoms. The molecule has 0 aliphatic rings. The van der Waals surface area contributed by atoms with Crippen LogP contribution in [0.1, 0.15) is 40.9 Å². The van der Waals surface area contributed by atoms with Crippen LogP contribution in [0.3, 0.4) is 0 Å². The summed E-state index contributed by atoms with van der Waals surface area (Å²) in [6, 6.07) is 26.7. The zero-order valence-corrected chi connectivity index (χ0v) is 17.8. The van der Waals surface area contributed by atoms with Crippen molar-refractivity contribution in [3.05, 3.63) is 96.1 Å². The van der Waals surface area contributed by atoms with Crippen LogP contribution in [0, 0.1) is 0 Å². The maximum atomic E-state index is 13.3. The first-order valence-corrected chi connectivity index (χ1v) is 11.0. The maximum Gasteiger partial charge on any atom is 0.253 e. The molecule has 1 unspecified atom stereocenters. The van der Waals surface area contributed by atoms with Crippen LogP contribution in [0.4, 0.5) is 5.69 Å². The van der Waals surface area contributed by atoms with Crippen molar-refractivity contribution >= 4 is 29.3 Å². The standard InChI is InChI=1S/C25H26N2O2S/c1-2-3-18-26-24(28)21-16-10-11-17-22(21)27-25(29)23(19-12-6-4-7-13-19)30-20-14-8-5-9-15-20/h4-17,23H,2-3,18H2,1H3,(H,26,28)(H,27,29). The lowest BCUT2D eigenvalue weighted by molar-refractivity contribution is -0.115. The van der Waals surface area contributed by atoms with E-state index < -0.39 is 5.25 Å². The van der Waals surface area contributed by atoms with Gasteiger partial charge in [0.15, 0.2) is 0 Å². The number of carbonyl (C=O) groups excluding carboxylic acids is 2. The van der Waals surface area contributed by atoms with Gasteiger partial charge in [0.1, 0.15) is 5.25 Å². The lowest BCUT2D eigenvalue weighted by Gasteiger charge is -2.18. The molecule has 1 atom stereocenters. The predicted octanol–water partition coefficient (Wildman–Crippen LogP) is 5.69. The van der Waals surface area contributed by atoms with Gasteiger partial charge in [0.25, 0.3) is 5.91 Å². The molecule has 0 bridgehead atoms. The van der Waals surface area contributed by atoms with Gasteiger partial charge in [-0.15, -0.1) is 11.8 Å². The van der Waals surface area contributed by atoms with E-state index in [4.69, 9.17) is 0 Å². The molecule has 0 saturated carbocycles. The number of unbranched alkanes of at least 4 members (excludes halogenated alkanes) is 1. The predicted molar refractivity (Wildman–Crippen MR) is 124 cm³/mol. The minimum atomic E-state index is -0.440. The highest BCUT2D eigenvalue weighted by atomic mass is 32.2. The van der Waals surface area contributed by atoms with E-state index >= 15 is 0 Å². The Labute approximate surface area is 182 Å². The molecule has 154 valence electrons. The Morgan fingerprint density at radius 1 is 0.867 bits per heavy atom. The average molecular weight is 419 g/mol. The molecule has 0 aliphatic heterocycles. The first-order chi connectivity index (χ1) is 14.7. The molecule has 4 nitrogen and oxygen atoms in total. The number of nitrogens with one attached hydrogen (secondary N) is 2. The number of hydrogen-bond donors (Lipinski definition) is 2. The summed E-state index contributed by atoms with van der Waals surface area (Å²) in [7, 11) is 0. The molecular weight excluding hydrogens is 392 g/mol. The van der Waals surface area contributed by atoms with Crippen molar-refractivity contribution in [1.29, 1.82) is 0 Å². The second-order valence-corrected chi connectivity index (χ2v) is 8.04. The van der Waals surface area contributed by atoms with Crippen molar-refractivity contribution in [2.45, 2.75) is 29.9 Å². The Hall–Kier alpha value is -3.05. The molecule has 2 amide bonds. The van der Waals surface area contributed by atoms with E-state index in [9.17, 15) is 9.59 Å². The first-order valence-electron chi connectivity index (χ1n) is 10.1. The monoisotopic (exact) mass is 418 g/mol. The minimum absolute atomic E-state index is 0.163. The van der Waals surface area contributed by atoms with Gasteiger partial charge in [0.2, 0.25) is 5.91 Å². The van der Waals surface area contributed by atoms with Gasteiger partial charge >= 0.3 is 0 Å². The number of benzene rings is 3. The second-order valence-electron chi connectivity index (χ2n) is 6.87. The zero-order valence-electron chi connectivity index (χ0n) is 17.0. The number of carbonyl (C=O) groups is 2. The summed E-state index contributed by atoms with van der Waals surface area (Å²) in [5, 5.41) is 5.46. The van der Waals surface area contributed by atoms with Crippen molar-refractivity contribution in [2.24, 2.45) is 0 Å². The molecule has 0 radical (unpaired) electrons. The number of rotatable bonds is 9. The highest BCUT2D eigenvalue weighted by Crippen LogP contribution is 2.36. The van der Waals surface area contributed by atoms with Crippen LogP contribution in [-0.2, 0) is 4.79 Å². The first kappa shape index (κ1) is 21.7. The minimum Gasteiger partial charge on any atom is -0.352 e. The van der Waals surface area contributed by atoms with Gasteiger partial charge in [-0.2, -0.15) is 0 Å². The molecule has 0 heterocycles. The van der Waals surface area contributed by atoms with Crippen molar-refractivity contribution in [3.63, 3.8) is 0 Å². The van der Waals surface area contributed by atoms with Crippen LogP contribution in [0.2, 0.25) is 0 Å². The molecule has 2 N–H and O–H groups in total. The normalized spacial score (nSPS) is 11.5. The lowest BCUT2D eigenvalue weighted by atomic mass is 10.1. The smallest absolute Gasteiger partial charge is 0.253 e. The Morgan fingerprint density at radius 3 is 2.20 bits per heavy atom. The molecule has 0 aromatic heterocycles. The van der Waals surface area contributed by atoms with Crippen molar-refractivity contribution in [1.82, 2.24) is 5.32 Å². The van der Waals surface area contributed by atoms with Gasteiger partial charge in [-0.3, -0.25) is 9.59 Å². The Bertz CT molecular complexity index is 961. The maximum absolute atomic E-state index is 13.3. The van der Waals surface area contributed by atoms with E-state index in [1.54, 1.807) is 18.2 Å². The number of para-hydroxylation sites is 1. The summed E-state index contributed by atoms with van der Waals surface area (Å²) >= 11 is 1.49. The van der Waals surface area contributed by atoms with Gasteiger partial charge < -0.3 is 10.6 Å². The van der Waals surface area contributed by atoms with Gasteiger partial charge in [-0.25, -0.2) is 0 Å². The summed E-state index contributed by atoms with van der Waals surface area (Å²) in [6.07, 6.45) is 1.93. The highest BCUT2D eigenvalue weighted by Gasteiger charge is 2.23.